The Morgan fingerprint density at radius 1 is 1.43 bits per heavy atom. The van der Waals surface area contributed by atoms with Gasteiger partial charge in [-0.15, -0.1) is 0 Å². The summed E-state index contributed by atoms with van der Waals surface area (Å²) in [6, 6.07) is 1.35. The van der Waals surface area contributed by atoms with Gasteiger partial charge in [-0.3, -0.25) is 4.79 Å². The van der Waals surface area contributed by atoms with E-state index < -0.39 is 10.0 Å². The van der Waals surface area contributed by atoms with E-state index in [1.807, 2.05) is 6.92 Å². The van der Waals surface area contributed by atoms with Gasteiger partial charge in [0.2, 0.25) is 10.0 Å². The van der Waals surface area contributed by atoms with Crippen molar-refractivity contribution < 1.29 is 18.3 Å². The number of aliphatic hydroxyl groups excluding tert-OH is 1. The van der Waals surface area contributed by atoms with Crippen LogP contribution in [0.5, 0.6) is 0 Å². The summed E-state index contributed by atoms with van der Waals surface area (Å²) in [7, 11) is -0.600. The number of unbranched alkanes of at least 4 members (excludes halogenated alkanes) is 1. The molecule has 1 heterocycles. The normalized spacial score (nSPS) is 11.9. The first-order valence-electron chi connectivity index (χ1n) is 6.87. The van der Waals surface area contributed by atoms with Gasteiger partial charge in [-0.2, -0.15) is 4.31 Å². The highest BCUT2D eigenvalue weighted by Crippen LogP contribution is 2.19. The van der Waals surface area contributed by atoms with E-state index >= 15 is 0 Å². The van der Waals surface area contributed by atoms with Gasteiger partial charge in [-0.25, -0.2) is 8.42 Å². The number of amides is 1. The van der Waals surface area contributed by atoms with E-state index in [9.17, 15) is 13.2 Å². The molecule has 0 aliphatic carbocycles. The zero-order chi connectivity index (χ0) is 16.0. The molecule has 0 spiro atoms. The molecule has 1 aromatic heterocycles. The summed E-state index contributed by atoms with van der Waals surface area (Å²) < 4.78 is 27.9. The van der Waals surface area contributed by atoms with E-state index in [4.69, 9.17) is 5.11 Å². The lowest BCUT2D eigenvalue weighted by molar-refractivity contribution is 0.0955. The minimum absolute atomic E-state index is 0.0481. The second-order valence-corrected chi connectivity index (χ2v) is 6.67. The number of aryl methyl sites for hydroxylation is 1. The van der Waals surface area contributed by atoms with Crippen molar-refractivity contribution in [2.24, 2.45) is 7.05 Å². The average molecular weight is 317 g/mol. The Morgan fingerprint density at radius 3 is 2.62 bits per heavy atom. The van der Waals surface area contributed by atoms with Crippen molar-refractivity contribution in [2.45, 2.75) is 24.7 Å². The van der Waals surface area contributed by atoms with Crippen LogP contribution in [0.15, 0.2) is 17.2 Å². The standard InChI is InChI=1S/C13H23N3O4S/c1-4-5-6-16(7-8-17)21(19,20)11-9-12(13(18)14-2)15(3)10-11/h9-10,17H,4-8H2,1-3H3,(H,14,18). The van der Waals surface area contributed by atoms with Crippen LogP contribution in [0.4, 0.5) is 0 Å². The number of hydrogen-bond donors (Lipinski definition) is 2. The highest BCUT2D eigenvalue weighted by atomic mass is 32.2. The van der Waals surface area contributed by atoms with Crippen molar-refractivity contribution in [1.29, 1.82) is 0 Å². The van der Waals surface area contributed by atoms with Crippen LogP contribution in [0.1, 0.15) is 30.3 Å². The molecule has 0 bridgehead atoms. The van der Waals surface area contributed by atoms with Gasteiger partial charge >= 0.3 is 0 Å². The van der Waals surface area contributed by atoms with Crippen LogP contribution in [-0.4, -0.2) is 55.0 Å². The number of hydrogen-bond acceptors (Lipinski definition) is 4. The Morgan fingerprint density at radius 2 is 2.10 bits per heavy atom. The largest absolute Gasteiger partial charge is 0.395 e. The van der Waals surface area contributed by atoms with Gasteiger partial charge in [0.25, 0.3) is 5.91 Å². The lowest BCUT2D eigenvalue weighted by atomic mass is 10.3. The van der Waals surface area contributed by atoms with Crippen molar-refractivity contribution in [3.63, 3.8) is 0 Å². The monoisotopic (exact) mass is 317 g/mol. The van der Waals surface area contributed by atoms with E-state index in [2.05, 4.69) is 5.32 Å². The maximum atomic E-state index is 12.6. The van der Waals surface area contributed by atoms with Crippen LogP contribution in [0.2, 0.25) is 0 Å². The topological polar surface area (TPSA) is 91.6 Å². The molecule has 7 nitrogen and oxygen atoms in total. The fourth-order valence-electron chi connectivity index (χ4n) is 1.98. The molecule has 0 aliphatic rings. The average Bonchev–Trinajstić information content (AvgIpc) is 2.85. The Kier molecular flexibility index (Phi) is 6.38. The van der Waals surface area contributed by atoms with Crippen molar-refractivity contribution in [2.75, 3.05) is 26.7 Å². The molecule has 0 saturated heterocycles. The van der Waals surface area contributed by atoms with E-state index in [1.165, 1.54) is 28.2 Å². The molecule has 0 fully saturated rings. The third-order valence-corrected chi connectivity index (χ3v) is 5.05. The number of rotatable bonds is 8. The quantitative estimate of drug-likeness (QED) is 0.715. The molecule has 1 rings (SSSR count). The maximum Gasteiger partial charge on any atom is 0.267 e. The maximum absolute atomic E-state index is 12.6. The van der Waals surface area contributed by atoms with E-state index in [1.54, 1.807) is 7.05 Å². The zero-order valence-corrected chi connectivity index (χ0v) is 13.5. The number of carbonyl (C=O) groups is 1. The first-order valence-corrected chi connectivity index (χ1v) is 8.32. The van der Waals surface area contributed by atoms with Crippen molar-refractivity contribution in [1.82, 2.24) is 14.2 Å². The number of carbonyl (C=O) groups excluding carboxylic acids is 1. The predicted molar refractivity (Wildman–Crippen MR) is 79.6 cm³/mol. The van der Waals surface area contributed by atoms with Crippen molar-refractivity contribution in [3.05, 3.63) is 18.0 Å². The lowest BCUT2D eigenvalue weighted by Gasteiger charge is -2.20. The van der Waals surface area contributed by atoms with Gasteiger partial charge in [0.15, 0.2) is 0 Å². The molecule has 2 N–H and O–H groups in total. The Hall–Kier alpha value is -1.38. The molecule has 21 heavy (non-hydrogen) atoms. The van der Waals surface area contributed by atoms with Crippen LogP contribution in [0.25, 0.3) is 0 Å². The van der Waals surface area contributed by atoms with Crippen LogP contribution >= 0.6 is 0 Å². The predicted octanol–water partition coefficient (Wildman–Crippen LogP) is 0.168. The third kappa shape index (κ3) is 4.05. The van der Waals surface area contributed by atoms with E-state index in [-0.39, 0.29) is 29.6 Å². The van der Waals surface area contributed by atoms with Crippen molar-refractivity contribution in [3.8, 4) is 0 Å². The SMILES string of the molecule is CCCCN(CCO)S(=O)(=O)c1cc(C(=O)NC)n(C)c1. The van der Waals surface area contributed by atoms with Gasteiger partial charge in [0, 0.05) is 33.4 Å². The Labute approximate surface area is 125 Å². The second kappa shape index (κ2) is 7.58. The fourth-order valence-corrected chi connectivity index (χ4v) is 3.52. The zero-order valence-electron chi connectivity index (χ0n) is 12.7. The van der Waals surface area contributed by atoms with Gasteiger partial charge in [0.1, 0.15) is 10.6 Å². The van der Waals surface area contributed by atoms with Gasteiger partial charge in [-0.1, -0.05) is 13.3 Å². The number of nitrogens with zero attached hydrogens (tertiary/aromatic N) is 2. The molecule has 0 aromatic carbocycles. The molecular formula is C13H23N3O4S. The van der Waals surface area contributed by atoms with Crippen LogP contribution in [0.3, 0.4) is 0 Å². The molecule has 1 amide bonds. The first kappa shape index (κ1) is 17.7. The van der Waals surface area contributed by atoms with Crippen LogP contribution in [0, 0.1) is 0 Å². The fraction of sp³-hybridized carbons (Fsp3) is 0.615. The molecule has 0 saturated carbocycles. The molecule has 8 heteroatoms. The van der Waals surface area contributed by atoms with E-state index in [0.717, 1.165) is 6.42 Å². The highest BCUT2D eigenvalue weighted by Gasteiger charge is 2.26. The van der Waals surface area contributed by atoms with E-state index in [0.29, 0.717) is 13.0 Å². The minimum Gasteiger partial charge on any atom is -0.395 e. The van der Waals surface area contributed by atoms with Gasteiger partial charge in [-0.05, 0) is 12.5 Å². The molecule has 1 aromatic rings. The third-order valence-electron chi connectivity index (χ3n) is 3.19. The number of aromatic nitrogens is 1. The Bertz CT molecular complexity index is 580. The second-order valence-electron chi connectivity index (χ2n) is 4.73. The summed E-state index contributed by atoms with van der Waals surface area (Å²) in [6.45, 7) is 2.13. The molecule has 0 unspecified atom stereocenters. The minimum atomic E-state index is -3.71. The van der Waals surface area contributed by atoms with Gasteiger partial charge < -0.3 is 15.0 Å². The summed E-state index contributed by atoms with van der Waals surface area (Å²) >= 11 is 0. The summed E-state index contributed by atoms with van der Waals surface area (Å²) in [5.41, 5.74) is 0.274. The molecular weight excluding hydrogens is 294 g/mol. The summed E-state index contributed by atoms with van der Waals surface area (Å²) in [6.07, 6.45) is 2.99. The Balaban J connectivity index is 3.13. The van der Waals surface area contributed by atoms with Crippen LogP contribution in [-0.2, 0) is 17.1 Å². The molecule has 120 valence electrons. The molecule has 0 radical (unpaired) electrons. The lowest BCUT2D eigenvalue weighted by Crippen LogP contribution is -2.34. The highest BCUT2D eigenvalue weighted by molar-refractivity contribution is 7.89. The molecule has 0 atom stereocenters. The summed E-state index contributed by atoms with van der Waals surface area (Å²) in [5.74, 6) is -0.346. The smallest absolute Gasteiger partial charge is 0.267 e. The van der Waals surface area contributed by atoms with Gasteiger partial charge in [0.05, 0.1) is 6.61 Å². The number of sulfonamides is 1. The summed E-state index contributed by atoms with van der Waals surface area (Å²) in [4.78, 5) is 11.7. The van der Waals surface area contributed by atoms with Crippen molar-refractivity contribution >= 4 is 15.9 Å². The number of nitrogens with one attached hydrogen (secondary N) is 1. The first-order chi connectivity index (χ1) is 9.88. The molecule has 0 aliphatic heterocycles. The number of aliphatic hydroxyl groups is 1. The summed E-state index contributed by atoms with van der Waals surface area (Å²) in [5, 5.41) is 11.5. The van der Waals surface area contributed by atoms with Crippen LogP contribution < -0.4 is 5.32 Å².